The second-order valence-electron chi connectivity index (χ2n) is 4.15. The number of hydrogen-bond acceptors (Lipinski definition) is 2. The third-order valence-corrected chi connectivity index (χ3v) is 3.30. The van der Waals surface area contributed by atoms with Gasteiger partial charge in [-0.15, -0.1) is 0 Å². The van der Waals surface area contributed by atoms with Gasteiger partial charge < -0.3 is 10.0 Å². The van der Waals surface area contributed by atoms with Gasteiger partial charge in [0, 0.05) is 19.0 Å². The van der Waals surface area contributed by atoms with E-state index in [2.05, 4.69) is 0 Å². The third kappa shape index (κ3) is 1.49. The molecular formula is C10H15NO3. The van der Waals surface area contributed by atoms with Crippen LogP contribution in [0, 0.1) is 5.92 Å². The SMILES string of the molecule is O=C(O)C1CC(=O)N2CCCCCC12. The standard InChI is InChI=1S/C10H15NO3/c12-9-6-7(10(13)14)8-4-2-1-3-5-11(8)9/h7-8H,1-6H2,(H,13,14). The average Bonchev–Trinajstić information content (AvgIpc) is 2.38. The summed E-state index contributed by atoms with van der Waals surface area (Å²) in [5.74, 6) is -1.24. The molecule has 2 aliphatic heterocycles. The van der Waals surface area contributed by atoms with Gasteiger partial charge in [-0.05, 0) is 12.8 Å². The van der Waals surface area contributed by atoms with E-state index in [1.54, 1.807) is 4.90 Å². The van der Waals surface area contributed by atoms with E-state index in [0.29, 0.717) is 0 Å². The van der Waals surface area contributed by atoms with Crippen molar-refractivity contribution in [3.8, 4) is 0 Å². The molecule has 2 unspecified atom stereocenters. The molecule has 2 rings (SSSR count). The zero-order chi connectivity index (χ0) is 10.1. The molecule has 1 N–H and O–H groups in total. The van der Waals surface area contributed by atoms with Crippen molar-refractivity contribution < 1.29 is 14.7 Å². The second-order valence-corrected chi connectivity index (χ2v) is 4.15. The van der Waals surface area contributed by atoms with Gasteiger partial charge in [-0.3, -0.25) is 9.59 Å². The van der Waals surface area contributed by atoms with Gasteiger partial charge in [0.05, 0.1) is 5.92 Å². The summed E-state index contributed by atoms with van der Waals surface area (Å²) in [7, 11) is 0. The molecule has 78 valence electrons. The summed E-state index contributed by atoms with van der Waals surface area (Å²) >= 11 is 0. The van der Waals surface area contributed by atoms with Crippen molar-refractivity contribution >= 4 is 11.9 Å². The Morgan fingerprint density at radius 1 is 1.36 bits per heavy atom. The number of aliphatic carboxylic acids is 1. The highest BCUT2D eigenvalue weighted by Gasteiger charge is 2.43. The van der Waals surface area contributed by atoms with Crippen LogP contribution in [0.2, 0.25) is 0 Å². The first-order valence-electron chi connectivity index (χ1n) is 5.22. The number of nitrogens with zero attached hydrogens (tertiary/aromatic N) is 1. The van der Waals surface area contributed by atoms with Gasteiger partial charge in [-0.1, -0.05) is 12.8 Å². The molecule has 4 nitrogen and oxygen atoms in total. The molecule has 0 radical (unpaired) electrons. The van der Waals surface area contributed by atoms with Crippen molar-refractivity contribution in [2.24, 2.45) is 5.92 Å². The molecule has 2 fully saturated rings. The summed E-state index contributed by atoms with van der Waals surface area (Å²) < 4.78 is 0. The van der Waals surface area contributed by atoms with E-state index in [-0.39, 0.29) is 18.4 Å². The van der Waals surface area contributed by atoms with Crippen LogP contribution in [0.3, 0.4) is 0 Å². The van der Waals surface area contributed by atoms with Crippen molar-refractivity contribution in [3.05, 3.63) is 0 Å². The van der Waals surface area contributed by atoms with Crippen LogP contribution in [0.25, 0.3) is 0 Å². The summed E-state index contributed by atoms with van der Waals surface area (Å²) in [6, 6.07) is -0.0255. The molecule has 1 amide bonds. The van der Waals surface area contributed by atoms with E-state index in [4.69, 9.17) is 5.11 Å². The summed E-state index contributed by atoms with van der Waals surface area (Å²) in [6.07, 6.45) is 4.27. The van der Waals surface area contributed by atoms with Crippen molar-refractivity contribution in [3.63, 3.8) is 0 Å². The Balaban J connectivity index is 2.17. The molecule has 0 aromatic heterocycles. The lowest BCUT2D eigenvalue weighted by molar-refractivity contribution is -0.142. The molecule has 2 aliphatic rings. The van der Waals surface area contributed by atoms with Gasteiger partial charge in [0.25, 0.3) is 0 Å². The number of carboxylic acids is 1. The monoisotopic (exact) mass is 197 g/mol. The summed E-state index contributed by atoms with van der Waals surface area (Å²) in [5, 5.41) is 8.98. The van der Waals surface area contributed by atoms with Gasteiger partial charge in [-0.25, -0.2) is 0 Å². The Kier molecular flexibility index (Phi) is 2.44. The first-order valence-corrected chi connectivity index (χ1v) is 5.22. The molecule has 4 heteroatoms. The predicted octanol–water partition coefficient (Wildman–Crippen LogP) is 0.862. The highest BCUT2D eigenvalue weighted by Crippen LogP contribution is 2.31. The van der Waals surface area contributed by atoms with Crippen LogP contribution in [0.1, 0.15) is 32.1 Å². The molecule has 0 aliphatic carbocycles. The van der Waals surface area contributed by atoms with Crippen molar-refractivity contribution in [2.45, 2.75) is 38.1 Å². The van der Waals surface area contributed by atoms with Crippen LogP contribution in [0.15, 0.2) is 0 Å². The Labute approximate surface area is 82.9 Å². The Hall–Kier alpha value is -1.06. The Morgan fingerprint density at radius 3 is 2.86 bits per heavy atom. The summed E-state index contributed by atoms with van der Waals surface area (Å²) in [4.78, 5) is 24.3. The molecule has 0 saturated carbocycles. The molecule has 14 heavy (non-hydrogen) atoms. The highest BCUT2D eigenvalue weighted by atomic mass is 16.4. The summed E-state index contributed by atoms with van der Waals surface area (Å²) in [5.41, 5.74) is 0. The van der Waals surface area contributed by atoms with Crippen LogP contribution in [0.4, 0.5) is 0 Å². The number of carboxylic acid groups (broad SMARTS) is 1. The lowest BCUT2D eigenvalue weighted by Crippen LogP contribution is -2.36. The van der Waals surface area contributed by atoms with E-state index in [1.807, 2.05) is 0 Å². The van der Waals surface area contributed by atoms with E-state index < -0.39 is 11.9 Å². The first-order chi connectivity index (χ1) is 6.70. The van der Waals surface area contributed by atoms with Crippen molar-refractivity contribution in [2.75, 3.05) is 6.54 Å². The number of carbonyl (C=O) groups is 2. The smallest absolute Gasteiger partial charge is 0.309 e. The van der Waals surface area contributed by atoms with Crippen LogP contribution >= 0.6 is 0 Å². The molecule has 2 atom stereocenters. The average molecular weight is 197 g/mol. The molecule has 0 aromatic rings. The third-order valence-electron chi connectivity index (χ3n) is 3.30. The normalized spacial score (nSPS) is 32.6. The minimum absolute atomic E-state index is 0.0255. The van der Waals surface area contributed by atoms with Gasteiger partial charge >= 0.3 is 5.97 Å². The fourth-order valence-corrected chi connectivity index (χ4v) is 2.56. The quantitative estimate of drug-likeness (QED) is 0.678. The van der Waals surface area contributed by atoms with E-state index in [9.17, 15) is 9.59 Å². The van der Waals surface area contributed by atoms with E-state index in [0.717, 1.165) is 32.2 Å². The van der Waals surface area contributed by atoms with Crippen LogP contribution in [-0.4, -0.2) is 34.5 Å². The number of carbonyl (C=O) groups excluding carboxylic acids is 1. The molecule has 0 bridgehead atoms. The van der Waals surface area contributed by atoms with Gasteiger partial charge in [0.15, 0.2) is 0 Å². The lowest BCUT2D eigenvalue weighted by Gasteiger charge is -2.23. The fraction of sp³-hybridized carbons (Fsp3) is 0.800. The maximum Gasteiger partial charge on any atom is 0.309 e. The maximum atomic E-state index is 11.5. The zero-order valence-corrected chi connectivity index (χ0v) is 8.11. The van der Waals surface area contributed by atoms with E-state index in [1.165, 1.54) is 0 Å². The molecule has 2 saturated heterocycles. The first kappa shape index (κ1) is 9.49. The number of amides is 1. The summed E-state index contributed by atoms with van der Waals surface area (Å²) in [6.45, 7) is 0.757. The fourth-order valence-electron chi connectivity index (χ4n) is 2.56. The lowest BCUT2D eigenvalue weighted by atomic mass is 9.96. The van der Waals surface area contributed by atoms with E-state index >= 15 is 0 Å². The predicted molar refractivity (Wildman–Crippen MR) is 49.7 cm³/mol. The Morgan fingerprint density at radius 2 is 2.14 bits per heavy atom. The maximum absolute atomic E-state index is 11.5. The van der Waals surface area contributed by atoms with Gasteiger partial charge in [0.2, 0.25) is 5.91 Å². The highest BCUT2D eigenvalue weighted by molar-refractivity contribution is 5.87. The molecular weight excluding hydrogens is 182 g/mol. The molecule has 2 heterocycles. The minimum atomic E-state index is -0.812. The second kappa shape index (κ2) is 3.59. The molecule has 0 aromatic carbocycles. The van der Waals surface area contributed by atoms with Crippen LogP contribution in [0.5, 0.6) is 0 Å². The minimum Gasteiger partial charge on any atom is -0.481 e. The number of rotatable bonds is 1. The Bertz CT molecular complexity index is 264. The number of hydrogen-bond donors (Lipinski definition) is 1. The van der Waals surface area contributed by atoms with Crippen molar-refractivity contribution in [1.82, 2.24) is 4.90 Å². The van der Waals surface area contributed by atoms with Gasteiger partial charge in [0.1, 0.15) is 0 Å². The zero-order valence-electron chi connectivity index (χ0n) is 8.11. The van der Waals surface area contributed by atoms with Crippen molar-refractivity contribution in [1.29, 1.82) is 0 Å². The number of fused-ring (bicyclic) bond motifs is 1. The molecule has 0 spiro atoms. The topological polar surface area (TPSA) is 57.6 Å². The van der Waals surface area contributed by atoms with Crippen LogP contribution in [-0.2, 0) is 9.59 Å². The van der Waals surface area contributed by atoms with Gasteiger partial charge in [-0.2, -0.15) is 0 Å². The largest absolute Gasteiger partial charge is 0.481 e. The van der Waals surface area contributed by atoms with Crippen LogP contribution < -0.4 is 0 Å².